The van der Waals surface area contributed by atoms with Crippen molar-refractivity contribution >= 4 is 17.4 Å². The molecular weight excluding hydrogens is 250 g/mol. The molecule has 0 fully saturated rings. The summed E-state index contributed by atoms with van der Waals surface area (Å²) < 4.78 is 0. The minimum atomic E-state index is -0.250. The summed E-state index contributed by atoms with van der Waals surface area (Å²) in [5.41, 5.74) is 2.50. The third-order valence-corrected chi connectivity index (χ3v) is 3.30. The van der Waals surface area contributed by atoms with Gasteiger partial charge in [0.05, 0.1) is 11.1 Å². The van der Waals surface area contributed by atoms with E-state index in [0.717, 1.165) is 11.1 Å². The maximum Gasteiger partial charge on any atom is 0.261 e. The zero-order valence-electron chi connectivity index (χ0n) is 11.9. The second kappa shape index (κ2) is 5.70. The van der Waals surface area contributed by atoms with E-state index in [9.17, 15) is 9.59 Å². The van der Waals surface area contributed by atoms with Crippen LogP contribution in [-0.4, -0.2) is 23.8 Å². The number of rotatable bonds is 3. The lowest BCUT2D eigenvalue weighted by atomic mass is 9.96. The van der Waals surface area contributed by atoms with Crippen LogP contribution in [-0.2, 0) is 9.59 Å². The van der Waals surface area contributed by atoms with Crippen molar-refractivity contribution < 1.29 is 9.59 Å². The molecule has 0 aromatic heterocycles. The van der Waals surface area contributed by atoms with E-state index < -0.39 is 0 Å². The minimum Gasteiger partial charge on any atom is -0.277 e. The van der Waals surface area contributed by atoms with Crippen LogP contribution in [0, 0.1) is 0 Å². The Kier molecular flexibility index (Phi) is 3.99. The van der Waals surface area contributed by atoms with E-state index in [0.29, 0.717) is 11.1 Å². The Labute approximate surface area is 118 Å². The molecule has 1 heterocycles. The van der Waals surface area contributed by atoms with Crippen molar-refractivity contribution in [3.63, 3.8) is 0 Å². The Morgan fingerprint density at radius 2 is 1.70 bits per heavy atom. The van der Waals surface area contributed by atoms with Crippen LogP contribution in [0.25, 0.3) is 5.57 Å². The second-order valence-electron chi connectivity index (χ2n) is 4.53. The molecule has 102 valence electrons. The van der Waals surface area contributed by atoms with Gasteiger partial charge in [0.25, 0.3) is 11.8 Å². The monoisotopic (exact) mass is 267 g/mol. The highest BCUT2D eigenvalue weighted by Crippen LogP contribution is 2.33. The Hall–Kier alpha value is -2.42. The zero-order valence-corrected chi connectivity index (χ0v) is 11.9. The van der Waals surface area contributed by atoms with Crippen LogP contribution in [0.2, 0.25) is 0 Å². The van der Waals surface area contributed by atoms with Gasteiger partial charge in [0.1, 0.15) is 0 Å². The van der Waals surface area contributed by atoms with E-state index in [4.69, 9.17) is 0 Å². The van der Waals surface area contributed by atoms with Gasteiger partial charge in [0.2, 0.25) is 0 Å². The topological polar surface area (TPSA) is 37.4 Å². The van der Waals surface area contributed by atoms with Crippen molar-refractivity contribution in [1.29, 1.82) is 0 Å². The molecule has 20 heavy (non-hydrogen) atoms. The molecule has 0 saturated carbocycles. The number of amides is 2. The van der Waals surface area contributed by atoms with Gasteiger partial charge in [-0.15, -0.1) is 0 Å². The maximum absolute atomic E-state index is 12.3. The smallest absolute Gasteiger partial charge is 0.261 e. The molecule has 3 nitrogen and oxygen atoms in total. The molecule has 0 saturated heterocycles. The number of allylic oxidation sites excluding steroid dienone is 3. The molecule has 0 radical (unpaired) electrons. The molecule has 0 bridgehead atoms. The summed E-state index contributed by atoms with van der Waals surface area (Å²) in [6.07, 6.45) is 5.56. The van der Waals surface area contributed by atoms with Gasteiger partial charge in [0.15, 0.2) is 0 Å². The van der Waals surface area contributed by atoms with E-state index >= 15 is 0 Å². The minimum absolute atomic E-state index is 0.250. The second-order valence-corrected chi connectivity index (χ2v) is 4.53. The molecule has 2 amide bonds. The zero-order chi connectivity index (χ0) is 14.7. The molecule has 1 aliphatic heterocycles. The van der Waals surface area contributed by atoms with Gasteiger partial charge < -0.3 is 0 Å². The number of benzene rings is 1. The first-order chi connectivity index (χ1) is 9.61. The molecule has 1 aliphatic rings. The number of hydrogen-bond acceptors (Lipinski definition) is 2. The van der Waals surface area contributed by atoms with Crippen molar-refractivity contribution in [1.82, 2.24) is 4.90 Å². The molecule has 1 aromatic rings. The fraction of sp³-hybridized carbons (Fsp3) is 0.176. The fourth-order valence-electron chi connectivity index (χ4n) is 2.29. The van der Waals surface area contributed by atoms with Crippen molar-refractivity contribution in [2.45, 2.75) is 13.8 Å². The van der Waals surface area contributed by atoms with Crippen LogP contribution in [0.5, 0.6) is 0 Å². The number of carbonyl (C=O) groups is 2. The Balaban J connectivity index is 2.70. The normalized spacial score (nSPS) is 16.8. The highest BCUT2D eigenvalue weighted by atomic mass is 16.2. The van der Waals surface area contributed by atoms with Crippen molar-refractivity contribution in [2.24, 2.45) is 0 Å². The van der Waals surface area contributed by atoms with Gasteiger partial charge in [-0.25, -0.2) is 0 Å². The van der Waals surface area contributed by atoms with Gasteiger partial charge in [-0.05, 0) is 25.0 Å². The standard InChI is InChI=1S/C17H17NO2/c1-4-9-12(5-2)14-15(13-10-7-6-8-11-13)17(20)18(3)16(14)19/h4-11H,1-3H3. The van der Waals surface area contributed by atoms with Crippen molar-refractivity contribution in [2.75, 3.05) is 7.05 Å². The van der Waals surface area contributed by atoms with E-state index in [1.807, 2.05) is 62.4 Å². The first-order valence-electron chi connectivity index (χ1n) is 6.53. The summed E-state index contributed by atoms with van der Waals surface area (Å²) in [7, 11) is 1.52. The van der Waals surface area contributed by atoms with Crippen molar-refractivity contribution in [3.8, 4) is 0 Å². The Bertz CT molecular complexity index is 636. The molecule has 0 atom stereocenters. The van der Waals surface area contributed by atoms with Crippen LogP contribution < -0.4 is 0 Å². The van der Waals surface area contributed by atoms with Gasteiger partial charge >= 0.3 is 0 Å². The Morgan fingerprint density at radius 3 is 2.25 bits per heavy atom. The summed E-state index contributed by atoms with van der Waals surface area (Å²) in [4.78, 5) is 25.9. The lowest BCUT2D eigenvalue weighted by Gasteiger charge is -2.06. The molecule has 1 aromatic carbocycles. The quantitative estimate of drug-likeness (QED) is 0.623. The molecule has 0 spiro atoms. The van der Waals surface area contributed by atoms with Crippen LogP contribution in [0.3, 0.4) is 0 Å². The number of hydrogen-bond donors (Lipinski definition) is 0. The van der Waals surface area contributed by atoms with E-state index in [-0.39, 0.29) is 11.8 Å². The predicted molar refractivity (Wildman–Crippen MR) is 79.7 cm³/mol. The maximum atomic E-state index is 12.3. The summed E-state index contributed by atoms with van der Waals surface area (Å²) in [5.74, 6) is -0.500. The first kappa shape index (κ1) is 14.0. The van der Waals surface area contributed by atoms with E-state index in [1.165, 1.54) is 11.9 Å². The summed E-state index contributed by atoms with van der Waals surface area (Å²) >= 11 is 0. The fourth-order valence-corrected chi connectivity index (χ4v) is 2.29. The lowest BCUT2D eigenvalue weighted by Crippen LogP contribution is -2.27. The molecular formula is C17H17NO2. The summed E-state index contributed by atoms with van der Waals surface area (Å²) in [5, 5.41) is 0. The van der Waals surface area contributed by atoms with E-state index in [2.05, 4.69) is 0 Å². The average molecular weight is 267 g/mol. The molecule has 0 aliphatic carbocycles. The SMILES string of the molecule is CC=CC(=CC)C1=C(c2ccccc2)C(=O)N(C)C1=O. The van der Waals surface area contributed by atoms with Gasteiger partial charge in [0, 0.05) is 7.05 Å². The Morgan fingerprint density at radius 1 is 1.05 bits per heavy atom. The predicted octanol–water partition coefficient (Wildman–Crippen LogP) is 2.96. The van der Waals surface area contributed by atoms with Crippen molar-refractivity contribution in [3.05, 3.63) is 65.3 Å². The number of carbonyl (C=O) groups excluding carboxylic acids is 2. The van der Waals surface area contributed by atoms with Gasteiger partial charge in [-0.3, -0.25) is 14.5 Å². The largest absolute Gasteiger partial charge is 0.277 e. The highest BCUT2D eigenvalue weighted by Gasteiger charge is 2.37. The third kappa shape index (κ3) is 2.23. The summed E-state index contributed by atoms with van der Waals surface area (Å²) in [6.45, 7) is 3.75. The number of likely N-dealkylation sites (N-methyl/N-ethyl adjacent to an activating group) is 1. The number of imide groups is 1. The van der Waals surface area contributed by atoms with Crippen LogP contribution in [0.4, 0.5) is 0 Å². The van der Waals surface area contributed by atoms with Crippen LogP contribution in [0.15, 0.2) is 59.7 Å². The highest BCUT2D eigenvalue weighted by molar-refractivity contribution is 6.37. The number of nitrogens with zero attached hydrogens (tertiary/aromatic N) is 1. The molecule has 2 rings (SSSR count). The van der Waals surface area contributed by atoms with Gasteiger partial charge in [-0.1, -0.05) is 48.6 Å². The molecule has 0 N–H and O–H groups in total. The van der Waals surface area contributed by atoms with Gasteiger partial charge in [-0.2, -0.15) is 0 Å². The van der Waals surface area contributed by atoms with Crippen LogP contribution >= 0.6 is 0 Å². The first-order valence-corrected chi connectivity index (χ1v) is 6.53. The summed E-state index contributed by atoms with van der Waals surface area (Å²) in [6, 6.07) is 9.31. The molecule has 0 unspecified atom stereocenters. The van der Waals surface area contributed by atoms with Crippen LogP contribution in [0.1, 0.15) is 19.4 Å². The lowest BCUT2D eigenvalue weighted by molar-refractivity contribution is -0.135. The molecule has 3 heteroatoms. The van der Waals surface area contributed by atoms with E-state index in [1.54, 1.807) is 0 Å². The third-order valence-electron chi connectivity index (χ3n) is 3.30. The average Bonchev–Trinajstić information content (AvgIpc) is 2.70.